The predicted molar refractivity (Wildman–Crippen MR) is 231 cm³/mol. The molecule has 0 N–H and O–H groups in total. The molecule has 1 heterocycles. The fraction of sp³-hybridized carbons (Fsp3) is 0.100. The predicted octanol–water partition coefficient (Wildman–Crippen LogP) is 10.8. The summed E-state index contributed by atoms with van der Waals surface area (Å²) in [7, 11) is 0. The Hall–Kier alpha value is -7.03. The number of benzene rings is 7. The normalized spacial score (nSPS) is 14.1. The summed E-state index contributed by atoms with van der Waals surface area (Å²) in [5, 5.41) is 5.32. The average molecular weight is 780 g/mol. The average Bonchev–Trinajstić information content (AvgIpc) is 3.83. The van der Waals surface area contributed by atoms with Crippen molar-refractivity contribution in [3.63, 3.8) is 0 Å². The van der Waals surface area contributed by atoms with Crippen LogP contribution < -0.4 is 9.47 Å². The van der Waals surface area contributed by atoms with Crippen LogP contribution in [0.2, 0.25) is 0 Å². The van der Waals surface area contributed by atoms with Crippen LogP contribution in [0, 0.1) is 0 Å². The topological polar surface area (TPSA) is 84.0 Å². The van der Waals surface area contributed by atoms with E-state index in [1.807, 2.05) is 36.4 Å². The smallest absolute Gasteiger partial charge is 0.330 e. The van der Waals surface area contributed by atoms with E-state index in [1.54, 1.807) is 11.3 Å². The van der Waals surface area contributed by atoms with Gasteiger partial charge in [0.15, 0.2) is 0 Å². The zero-order valence-electron chi connectivity index (χ0n) is 31.5. The third-order valence-electron chi connectivity index (χ3n) is 10.6. The molecule has 0 saturated heterocycles. The molecule has 58 heavy (non-hydrogen) atoms. The van der Waals surface area contributed by atoms with Crippen LogP contribution in [0.3, 0.4) is 0 Å². The van der Waals surface area contributed by atoms with Crippen LogP contribution in [0.5, 0.6) is 11.5 Å². The first-order valence-corrected chi connectivity index (χ1v) is 19.8. The Labute approximate surface area is 339 Å². The highest BCUT2D eigenvalue weighted by atomic mass is 32.1. The highest BCUT2D eigenvalue weighted by molar-refractivity contribution is 7.21. The van der Waals surface area contributed by atoms with Crippen LogP contribution in [0.25, 0.3) is 53.5 Å². The van der Waals surface area contributed by atoms with E-state index < -0.39 is 17.4 Å². The van der Waals surface area contributed by atoms with Gasteiger partial charge in [0.1, 0.15) is 42.9 Å². The molecule has 0 saturated carbocycles. The summed E-state index contributed by atoms with van der Waals surface area (Å²) in [6, 6.07) is 49.0. The van der Waals surface area contributed by atoms with Crippen molar-refractivity contribution in [2.24, 2.45) is 0 Å². The largest absolute Gasteiger partial charge is 0.490 e. The number of hydrogen-bond acceptors (Lipinski definition) is 8. The van der Waals surface area contributed by atoms with Crippen LogP contribution in [-0.2, 0) is 24.5 Å². The van der Waals surface area contributed by atoms with E-state index in [1.165, 1.54) is 0 Å². The minimum absolute atomic E-state index is 0.0949. The number of carbonyl (C=O) groups excluding carboxylic acids is 2. The second kappa shape index (κ2) is 15.5. The Morgan fingerprint density at radius 2 is 1.19 bits per heavy atom. The molecule has 284 valence electrons. The fourth-order valence-corrected chi connectivity index (χ4v) is 8.96. The summed E-state index contributed by atoms with van der Waals surface area (Å²) in [5.74, 6) is 0.360. The van der Waals surface area contributed by atoms with E-state index in [0.29, 0.717) is 11.5 Å². The fourth-order valence-electron chi connectivity index (χ4n) is 7.99. The number of fused-ring (bicyclic) bond motifs is 6. The maximum Gasteiger partial charge on any atom is 0.330 e. The van der Waals surface area contributed by atoms with E-state index in [2.05, 4.69) is 116 Å². The van der Waals surface area contributed by atoms with Gasteiger partial charge in [0.05, 0.1) is 15.6 Å². The highest BCUT2D eigenvalue weighted by Crippen LogP contribution is 2.58. The lowest BCUT2D eigenvalue weighted by atomic mass is 9.67. The van der Waals surface area contributed by atoms with Crippen molar-refractivity contribution in [3.8, 4) is 33.2 Å². The number of ether oxygens (including phenoxy) is 4. The van der Waals surface area contributed by atoms with Gasteiger partial charge in [-0.05, 0) is 110 Å². The van der Waals surface area contributed by atoms with Crippen molar-refractivity contribution in [2.75, 3.05) is 26.4 Å². The Morgan fingerprint density at radius 1 is 0.569 bits per heavy atom. The maximum atomic E-state index is 11.7. The first-order valence-electron chi connectivity index (χ1n) is 19.0. The molecule has 1 aromatic heterocycles. The quantitative estimate of drug-likeness (QED) is 0.0654. The Kier molecular flexibility index (Phi) is 9.77. The van der Waals surface area contributed by atoms with Crippen molar-refractivity contribution in [2.45, 2.75) is 5.41 Å². The molecule has 0 radical (unpaired) electrons. The Balaban J connectivity index is 1.22. The molecule has 1 unspecified atom stereocenters. The van der Waals surface area contributed by atoms with Crippen molar-refractivity contribution < 1.29 is 28.5 Å². The van der Waals surface area contributed by atoms with Gasteiger partial charge in [-0.15, -0.1) is 11.3 Å². The molecule has 0 bridgehead atoms. The van der Waals surface area contributed by atoms with Gasteiger partial charge in [-0.3, -0.25) is 0 Å². The summed E-state index contributed by atoms with van der Waals surface area (Å²) in [4.78, 5) is 28.2. The van der Waals surface area contributed by atoms with E-state index in [4.69, 9.17) is 23.9 Å². The molecule has 8 heteroatoms. The summed E-state index contributed by atoms with van der Waals surface area (Å²) >= 11 is 1.69. The number of thiazole rings is 1. The van der Waals surface area contributed by atoms with Crippen molar-refractivity contribution in [1.82, 2.24) is 4.98 Å². The molecule has 1 atom stereocenters. The van der Waals surface area contributed by atoms with Gasteiger partial charge < -0.3 is 18.9 Å². The number of rotatable bonds is 13. The maximum absolute atomic E-state index is 11.7. The molecule has 1 aliphatic carbocycles. The second-order valence-electron chi connectivity index (χ2n) is 13.9. The first kappa shape index (κ1) is 36.6. The zero-order valence-corrected chi connectivity index (χ0v) is 32.3. The van der Waals surface area contributed by atoms with Crippen LogP contribution in [0.1, 0.15) is 22.3 Å². The van der Waals surface area contributed by atoms with Crippen molar-refractivity contribution >= 4 is 55.0 Å². The lowest BCUT2D eigenvalue weighted by Crippen LogP contribution is -2.28. The number of carbonyl (C=O) groups is 2. The van der Waals surface area contributed by atoms with Gasteiger partial charge in [0.2, 0.25) is 0 Å². The van der Waals surface area contributed by atoms with E-state index in [9.17, 15) is 9.59 Å². The standard InChI is InChI=1S/C50H37NO6S/c1-3-47(52)56-25-23-54-39-20-16-35-30-43-42(29-36(35)28-39)41-22-21-40(55-24-26-57-48(53)4-2)31-44(41)50(43,38-19-13-32-9-5-6-10-34(32)27-38)37-17-14-33(15-18-37)49-51-45-11-7-8-12-46(45)58-49/h3-22,27-31H,1-2,23-26H2. The van der Waals surface area contributed by atoms with Crippen LogP contribution in [-0.4, -0.2) is 43.4 Å². The van der Waals surface area contributed by atoms with Crippen LogP contribution >= 0.6 is 11.3 Å². The summed E-state index contributed by atoms with van der Waals surface area (Å²) in [6.45, 7) is 7.55. The van der Waals surface area contributed by atoms with E-state index in [0.717, 1.165) is 87.9 Å². The zero-order chi connectivity index (χ0) is 39.6. The van der Waals surface area contributed by atoms with Crippen molar-refractivity contribution in [3.05, 3.63) is 187 Å². The van der Waals surface area contributed by atoms with Gasteiger partial charge in [-0.25, -0.2) is 14.6 Å². The third kappa shape index (κ3) is 6.67. The van der Waals surface area contributed by atoms with Gasteiger partial charge in [-0.2, -0.15) is 0 Å². The SMILES string of the molecule is C=CC(=O)OCCOc1ccc2c(c1)C(c1ccc(-c3nc4ccccc4s3)cc1)(c1ccc3ccccc3c1)c1cc3ccc(OCCOC(=O)C=C)cc3cc1-2. The molecule has 1 aliphatic rings. The van der Waals surface area contributed by atoms with Gasteiger partial charge in [-0.1, -0.05) is 98.1 Å². The van der Waals surface area contributed by atoms with Crippen LogP contribution in [0.15, 0.2) is 165 Å². The molecule has 0 fully saturated rings. The lowest BCUT2D eigenvalue weighted by Gasteiger charge is -2.34. The number of hydrogen-bond donors (Lipinski definition) is 0. The van der Waals surface area contributed by atoms with Gasteiger partial charge in [0, 0.05) is 17.7 Å². The molecular weight excluding hydrogens is 743 g/mol. The molecule has 9 rings (SSSR count). The lowest BCUT2D eigenvalue weighted by molar-refractivity contribution is -0.139. The minimum Gasteiger partial charge on any atom is -0.490 e. The molecule has 0 aliphatic heterocycles. The van der Waals surface area contributed by atoms with E-state index >= 15 is 0 Å². The highest BCUT2D eigenvalue weighted by Gasteiger charge is 2.47. The molecular formula is C50H37NO6S. The minimum atomic E-state index is -0.756. The van der Waals surface area contributed by atoms with Gasteiger partial charge in [0.25, 0.3) is 0 Å². The van der Waals surface area contributed by atoms with E-state index in [-0.39, 0.29) is 26.4 Å². The molecule has 7 nitrogen and oxygen atoms in total. The number of aromatic nitrogens is 1. The van der Waals surface area contributed by atoms with Crippen molar-refractivity contribution in [1.29, 1.82) is 0 Å². The summed E-state index contributed by atoms with van der Waals surface area (Å²) in [5.41, 5.74) is 7.87. The number of para-hydroxylation sites is 1. The molecule has 0 amide bonds. The van der Waals surface area contributed by atoms with Gasteiger partial charge >= 0.3 is 11.9 Å². The Morgan fingerprint density at radius 3 is 1.93 bits per heavy atom. The number of nitrogens with zero attached hydrogens (tertiary/aromatic N) is 1. The molecule has 7 aromatic carbocycles. The third-order valence-corrected chi connectivity index (χ3v) is 11.7. The Bertz CT molecular complexity index is 2860. The van der Waals surface area contributed by atoms with Crippen LogP contribution in [0.4, 0.5) is 0 Å². The summed E-state index contributed by atoms with van der Waals surface area (Å²) < 4.78 is 23.7. The number of esters is 2. The second-order valence-corrected chi connectivity index (χ2v) is 15.0. The molecule has 8 aromatic rings. The first-order chi connectivity index (χ1) is 28.4. The summed E-state index contributed by atoms with van der Waals surface area (Å²) in [6.07, 6.45) is 2.28. The monoisotopic (exact) mass is 779 g/mol. The molecule has 0 spiro atoms.